The maximum Gasteiger partial charge on any atom is 0.334 e. The molecule has 7 nitrogen and oxygen atoms in total. The molecule has 1 aliphatic rings. The summed E-state index contributed by atoms with van der Waals surface area (Å²) in [6.45, 7) is -0.166. The fourth-order valence-electron chi connectivity index (χ4n) is 1.75. The largest absolute Gasteiger partial charge is 0.350 e. The minimum absolute atomic E-state index is 0.291. The van der Waals surface area contributed by atoms with Gasteiger partial charge in [-0.05, 0) is 5.56 Å². The third-order valence-corrected chi connectivity index (χ3v) is 2.88. The SMILES string of the molecule is CN1C(=O)C(=O)N(CC(=O)NCc2ccccc2)C1=O. The van der Waals surface area contributed by atoms with Gasteiger partial charge in [0.05, 0.1) is 0 Å². The Morgan fingerprint density at radius 2 is 1.75 bits per heavy atom. The van der Waals surface area contributed by atoms with Gasteiger partial charge >= 0.3 is 17.8 Å². The fraction of sp³-hybridized carbons (Fsp3) is 0.231. The van der Waals surface area contributed by atoms with Crippen molar-refractivity contribution in [1.29, 1.82) is 0 Å². The normalized spacial score (nSPS) is 14.9. The number of urea groups is 1. The first-order chi connectivity index (χ1) is 9.50. The Balaban J connectivity index is 1.91. The van der Waals surface area contributed by atoms with Crippen LogP contribution in [0.1, 0.15) is 5.56 Å². The number of amides is 5. The molecule has 0 bridgehead atoms. The highest BCUT2D eigenvalue weighted by Crippen LogP contribution is 2.08. The van der Waals surface area contributed by atoms with E-state index in [9.17, 15) is 19.2 Å². The van der Waals surface area contributed by atoms with Crippen LogP contribution < -0.4 is 5.32 Å². The molecule has 7 heteroatoms. The van der Waals surface area contributed by atoms with Crippen LogP contribution in [0.3, 0.4) is 0 Å². The Morgan fingerprint density at radius 1 is 1.10 bits per heavy atom. The van der Waals surface area contributed by atoms with Crippen molar-refractivity contribution in [2.24, 2.45) is 0 Å². The molecule has 1 heterocycles. The molecule has 5 amide bonds. The number of hydrogen-bond acceptors (Lipinski definition) is 4. The van der Waals surface area contributed by atoms with Gasteiger partial charge in [-0.15, -0.1) is 0 Å². The van der Waals surface area contributed by atoms with Gasteiger partial charge < -0.3 is 5.32 Å². The van der Waals surface area contributed by atoms with Crippen molar-refractivity contribution >= 4 is 23.8 Å². The molecular weight excluding hydrogens is 262 g/mol. The number of hydrogen-bond donors (Lipinski definition) is 1. The van der Waals surface area contributed by atoms with Gasteiger partial charge in [0.25, 0.3) is 0 Å². The highest BCUT2D eigenvalue weighted by atomic mass is 16.2. The molecule has 1 saturated heterocycles. The molecule has 104 valence electrons. The molecule has 0 saturated carbocycles. The van der Waals surface area contributed by atoms with Crippen LogP contribution in [-0.4, -0.2) is 47.1 Å². The lowest BCUT2D eigenvalue weighted by atomic mass is 10.2. The number of nitrogens with one attached hydrogen (secondary N) is 1. The van der Waals surface area contributed by atoms with Gasteiger partial charge in [-0.25, -0.2) is 9.69 Å². The van der Waals surface area contributed by atoms with Crippen LogP contribution in [0.15, 0.2) is 30.3 Å². The van der Waals surface area contributed by atoms with E-state index in [2.05, 4.69) is 5.32 Å². The highest BCUT2D eigenvalue weighted by molar-refractivity contribution is 6.44. The molecule has 20 heavy (non-hydrogen) atoms. The Labute approximate surface area is 115 Å². The third kappa shape index (κ3) is 2.66. The summed E-state index contributed by atoms with van der Waals surface area (Å²) in [6.07, 6.45) is 0. The minimum Gasteiger partial charge on any atom is -0.350 e. The molecule has 1 aromatic carbocycles. The summed E-state index contributed by atoms with van der Waals surface area (Å²) < 4.78 is 0. The molecule has 1 N–H and O–H groups in total. The van der Waals surface area contributed by atoms with Crippen molar-refractivity contribution < 1.29 is 19.2 Å². The molecule has 0 radical (unpaired) electrons. The fourth-order valence-corrected chi connectivity index (χ4v) is 1.75. The maximum absolute atomic E-state index is 11.7. The second-order valence-corrected chi connectivity index (χ2v) is 4.30. The first-order valence-corrected chi connectivity index (χ1v) is 5.95. The predicted molar refractivity (Wildman–Crippen MR) is 68.2 cm³/mol. The number of nitrogens with zero attached hydrogens (tertiary/aromatic N) is 2. The molecule has 1 aromatic rings. The molecule has 0 spiro atoms. The average Bonchev–Trinajstić information content (AvgIpc) is 2.64. The van der Waals surface area contributed by atoms with E-state index in [1.807, 2.05) is 30.3 Å². The smallest absolute Gasteiger partial charge is 0.334 e. The van der Waals surface area contributed by atoms with Gasteiger partial charge in [0, 0.05) is 13.6 Å². The quantitative estimate of drug-likeness (QED) is 0.605. The van der Waals surface area contributed by atoms with E-state index >= 15 is 0 Å². The molecule has 2 rings (SSSR count). The van der Waals surface area contributed by atoms with Crippen LogP contribution in [0, 0.1) is 0 Å². The number of carbonyl (C=O) groups excluding carboxylic acids is 4. The molecule has 0 aliphatic carbocycles. The summed E-state index contributed by atoms with van der Waals surface area (Å²) in [4.78, 5) is 47.3. The van der Waals surface area contributed by atoms with Gasteiger partial charge in [0.2, 0.25) is 5.91 Å². The zero-order valence-corrected chi connectivity index (χ0v) is 10.8. The number of carbonyl (C=O) groups is 4. The van der Waals surface area contributed by atoms with E-state index in [0.717, 1.165) is 5.56 Å². The van der Waals surface area contributed by atoms with Crippen molar-refractivity contribution in [3.05, 3.63) is 35.9 Å². The summed E-state index contributed by atoms with van der Waals surface area (Å²) in [5.74, 6) is -2.41. The second kappa shape index (κ2) is 5.52. The molecular formula is C13H13N3O4. The van der Waals surface area contributed by atoms with Crippen molar-refractivity contribution in [1.82, 2.24) is 15.1 Å². The Morgan fingerprint density at radius 3 is 2.30 bits per heavy atom. The Kier molecular flexibility index (Phi) is 3.79. The second-order valence-electron chi connectivity index (χ2n) is 4.30. The lowest BCUT2D eigenvalue weighted by Gasteiger charge is -2.12. The summed E-state index contributed by atoms with van der Waals surface area (Å²) >= 11 is 0. The third-order valence-electron chi connectivity index (χ3n) is 2.88. The van der Waals surface area contributed by atoms with Gasteiger partial charge in [-0.2, -0.15) is 0 Å². The highest BCUT2D eigenvalue weighted by Gasteiger charge is 2.42. The van der Waals surface area contributed by atoms with Crippen LogP contribution in [0.5, 0.6) is 0 Å². The summed E-state index contributed by atoms with van der Waals surface area (Å²) in [7, 11) is 1.20. The van der Waals surface area contributed by atoms with E-state index in [4.69, 9.17) is 0 Å². The zero-order chi connectivity index (χ0) is 14.7. The summed E-state index contributed by atoms with van der Waals surface area (Å²) in [5, 5.41) is 2.58. The van der Waals surface area contributed by atoms with Gasteiger partial charge in [-0.3, -0.25) is 19.3 Å². The van der Waals surface area contributed by atoms with E-state index in [-0.39, 0.29) is 0 Å². The molecule has 0 unspecified atom stereocenters. The average molecular weight is 275 g/mol. The van der Waals surface area contributed by atoms with Crippen LogP contribution in [0.4, 0.5) is 4.79 Å². The van der Waals surface area contributed by atoms with Crippen LogP contribution in [0.25, 0.3) is 0 Å². The lowest BCUT2D eigenvalue weighted by Crippen LogP contribution is -2.40. The predicted octanol–water partition coefficient (Wildman–Crippen LogP) is -0.277. The van der Waals surface area contributed by atoms with Gasteiger partial charge in [-0.1, -0.05) is 30.3 Å². The number of imide groups is 2. The summed E-state index contributed by atoms with van der Waals surface area (Å²) in [5.41, 5.74) is 0.896. The van der Waals surface area contributed by atoms with Crippen molar-refractivity contribution in [2.75, 3.05) is 13.6 Å². The van der Waals surface area contributed by atoms with Crippen LogP contribution in [-0.2, 0) is 20.9 Å². The zero-order valence-electron chi connectivity index (χ0n) is 10.8. The van der Waals surface area contributed by atoms with E-state index in [1.54, 1.807) is 0 Å². The van der Waals surface area contributed by atoms with Crippen LogP contribution >= 0.6 is 0 Å². The first-order valence-electron chi connectivity index (χ1n) is 5.95. The number of benzene rings is 1. The topological polar surface area (TPSA) is 86.8 Å². The molecule has 1 aliphatic heterocycles. The van der Waals surface area contributed by atoms with Gasteiger partial charge in [0.15, 0.2) is 0 Å². The first kappa shape index (κ1) is 13.7. The standard InChI is InChI=1S/C13H13N3O4/c1-15-11(18)12(19)16(13(15)20)8-10(17)14-7-9-5-3-2-4-6-9/h2-6H,7-8H2,1H3,(H,14,17). The Hall–Kier alpha value is -2.70. The molecule has 0 atom stereocenters. The molecule has 0 aromatic heterocycles. The minimum atomic E-state index is -0.979. The Bertz CT molecular complexity index is 570. The van der Waals surface area contributed by atoms with E-state index in [0.29, 0.717) is 16.3 Å². The number of rotatable bonds is 4. The van der Waals surface area contributed by atoms with Crippen molar-refractivity contribution in [3.8, 4) is 0 Å². The van der Waals surface area contributed by atoms with Crippen molar-refractivity contribution in [3.63, 3.8) is 0 Å². The maximum atomic E-state index is 11.7. The number of likely N-dealkylation sites (N-methyl/N-ethyl adjacent to an activating group) is 1. The van der Waals surface area contributed by atoms with Crippen LogP contribution in [0.2, 0.25) is 0 Å². The van der Waals surface area contributed by atoms with Gasteiger partial charge in [0.1, 0.15) is 6.54 Å². The van der Waals surface area contributed by atoms with E-state index in [1.165, 1.54) is 7.05 Å². The summed E-state index contributed by atoms with van der Waals surface area (Å²) in [6, 6.07) is 8.42. The van der Waals surface area contributed by atoms with E-state index < -0.39 is 30.3 Å². The molecule has 1 fully saturated rings. The van der Waals surface area contributed by atoms with Crippen molar-refractivity contribution in [2.45, 2.75) is 6.54 Å². The lowest BCUT2D eigenvalue weighted by molar-refractivity contribution is -0.143. The monoisotopic (exact) mass is 275 g/mol.